The van der Waals surface area contributed by atoms with Gasteiger partial charge in [0, 0.05) is 38.3 Å². The molecule has 3 rings (SSSR count). The first-order valence-electron chi connectivity index (χ1n) is 8.08. The van der Waals surface area contributed by atoms with E-state index in [2.05, 4.69) is 47.5 Å². The van der Waals surface area contributed by atoms with Gasteiger partial charge >= 0.3 is 6.03 Å². The molecular weight excluding hydrogens is 262 g/mol. The molecule has 2 aliphatic rings. The molecule has 2 unspecified atom stereocenters. The van der Waals surface area contributed by atoms with Gasteiger partial charge in [0.2, 0.25) is 0 Å². The maximum Gasteiger partial charge on any atom is 0.317 e. The van der Waals surface area contributed by atoms with E-state index < -0.39 is 0 Å². The van der Waals surface area contributed by atoms with Gasteiger partial charge in [0.15, 0.2) is 0 Å². The number of benzene rings is 1. The van der Waals surface area contributed by atoms with Crippen LogP contribution in [0.5, 0.6) is 0 Å². The summed E-state index contributed by atoms with van der Waals surface area (Å²) in [4.78, 5) is 16.6. The summed E-state index contributed by atoms with van der Waals surface area (Å²) in [6, 6.07) is 11.4. The van der Waals surface area contributed by atoms with Crippen LogP contribution in [0.25, 0.3) is 0 Å². The molecule has 0 radical (unpaired) electrons. The fourth-order valence-corrected chi connectivity index (χ4v) is 3.39. The van der Waals surface area contributed by atoms with Crippen LogP contribution >= 0.6 is 0 Å². The van der Waals surface area contributed by atoms with Crippen molar-refractivity contribution in [3.05, 3.63) is 35.9 Å². The van der Waals surface area contributed by atoms with E-state index in [1.54, 1.807) is 0 Å². The standard InChI is InChI=1S/C17H25N3O/c1-14(15-7-3-2-4-8-15)20-12-9-16(13-20)18-17(21)19-10-5-6-11-19/h2-4,7-8,14,16H,5-6,9-13H2,1H3,(H,18,21). The summed E-state index contributed by atoms with van der Waals surface area (Å²) in [6.45, 7) is 6.10. The van der Waals surface area contributed by atoms with Crippen molar-refractivity contribution in [2.24, 2.45) is 0 Å². The number of urea groups is 1. The van der Waals surface area contributed by atoms with Crippen molar-refractivity contribution in [2.75, 3.05) is 26.2 Å². The Labute approximate surface area is 127 Å². The van der Waals surface area contributed by atoms with E-state index in [1.165, 1.54) is 5.56 Å². The molecule has 2 saturated heterocycles. The highest BCUT2D eigenvalue weighted by molar-refractivity contribution is 5.74. The Morgan fingerprint density at radius 2 is 1.90 bits per heavy atom. The van der Waals surface area contributed by atoms with Crippen molar-refractivity contribution >= 4 is 6.03 Å². The van der Waals surface area contributed by atoms with Crippen molar-refractivity contribution in [1.82, 2.24) is 15.1 Å². The smallest absolute Gasteiger partial charge is 0.317 e. The monoisotopic (exact) mass is 287 g/mol. The Morgan fingerprint density at radius 3 is 2.62 bits per heavy atom. The summed E-state index contributed by atoms with van der Waals surface area (Å²) in [5.74, 6) is 0. The van der Waals surface area contributed by atoms with E-state index in [0.29, 0.717) is 12.1 Å². The average molecular weight is 287 g/mol. The van der Waals surface area contributed by atoms with Crippen LogP contribution in [0.1, 0.15) is 37.8 Å². The lowest BCUT2D eigenvalue weighted by molar-refractivity contribution is 0.202. The normalized spacial score (nSPS) is 24.2. The second-order valence-electron chi connectivity index (χ2n) is 6.21. The van der Waals surface area contributed by atoms with Crippen LogP contribution < -0.4 is 5.32 Å². The predicted octanol–water partition coefficient (Wildman–Crippen LogP) is 2.63. The molecule has 4 nitrogen and oxygen atoms in total. The predicted molar refractivity (Wildman–Crippen MR) is 84.2 cm³/mol. The van der Waals surface area contributed by atoms with E-state index in [4.69, 9.17) is 0 Å². The first kappa shape index (κ1) is 14.4. The van der Waals surface area contributed by atoms with Gasteiger partial charge in [-0.2, -0.15) is 0 Å². The Bertz CT molecular complexity index is 470. The number of hydrogen-bond acceptors (Lipinski definition) is 2. The van der Waals surface area contributed by atoms with Crippen molar-refractivity contribution in [1.29, 1.82) is 0 Å². The van der Waals surface area contributed by atoms with Crippen LogP contribution in [0, 0.1) is 0 Å². The summed E-state index contributed by atoms with van der Waals surface area (Å²) in [6.07, 6.45) is 3.35. The average Bonchev–Trinajstić information content (AvgIpc) is 3.19. The van der Waals surface area contributed by atoms with Gasteiger partial charge < -0.3 is 10.2 Å². The SMILES string of the molecule is CC(c1ccccc1)N1CCC(NC(=O)N2CCCC2)C1. The molecular formula is C17H25N3O. The highest BCUT2D eigenvalue weighted by atomic mass is 16.2. The fourth-order valence-electron chi connectivity index (χ4n) is 3.39. The second-order valence-corrected chi connectivity index (χ2v) is 6.21. The van der Waals surface area contributed by atoms with Gasteiger partial charge in [-0.15, -0.1) is 0 Å². The largest absolute Gasteiger partial charge is 0.334 e. The van der Waals surface area contributed by atoms with Gasteiger partial charge in [-0.1, -0.05) is 30.3 Å². The molecule has 0 aromatic heterocycles. The van der Waals surface area contributed by atoms with Crippen LogP contribution in [-0.2, 0) is 0 Å². The van der Waals surface area contributed by atoms with Gasteiger partial charge in [0.1, 0.15) is 0 Å². The quantitative estimate of drug-likeness (QED) is 0.927. The van der Waals surface area contributed by atoms with E-state index in [-0.39, 0.29) is 6.03 Å². The van der Waals surface area contributed by atoms with Gasteiger partial charge in [0.05, 0.1) is 0 Å². The number of carbonyl (C=O) groups excluding carboxylic acids is 1. The molecule has 1 aromatic carbocycles. The summed E-state index contributed by atoms with van der Waals surface area (Å²) in [5, 5.41) is 3.20. The zero-order valence-corrected chi connectivity index (χ0v) is 12.8. The number of nitrogens with one attached hydrogen (secondary N) is 1. The van der Waals surface area contributed by atoms with Gasteiger partial charge in [-0.25, -0.2) is 4.79 Å². The summed E-state index contributed by atoms with van der Waals surface area (Å²) in [7, 11) is 0. The van der Waals surface area contributed by atoms with Crippen molar-refractivity contribution in [3.8, 4) is 0 Å². The number of rotatable bonds is 3. The third-order valence-corrected chi connectivity index (χ3v) is 4.77. The van der Waals surface area contributed by atoms with Crippen LogP contribution in [0.2, 0.25) is 0 Å². The number of nitrogens with zero attached hydrogens (tertiary/aromatic N) is 2. The molecule has 0 bridgehead atoms. The number of likely N-dealkylation sites (tertiary alicyclic amines) is 2. The molecule has 0 aliphatic carbocycles. The fraction of sp³-hybridized carbons (Fsp3) is 0.588. The van der Waals surface area contributed by atoms with Crippen molar-refractivity contribution in [2.45, 2.75) is 38.3 Å². The Balaban J connectivity index is 1.52. The maximum atomic E-state index is 12.1. The van der Waals surface area contributed by atoms with Gasteiger partial charge in [-0.3, -0.25) is 4.90 Å². The molecule has 2 atom stereocenters. The first-order chi connectivity index (χ1) is 10.2. The molecule has 1 N–H and O–H groups in total. The van der Waals surface area contributed by atoms with Crippen molar-refractivity contribution < 1.29 is 4.79 Å². The number of carbonyl (C=O) groups is 1. The third kappa shape index (κ3) is 3.38. The molecule has 2 heterocycles. The molecule has 4 heteroatoms. The van der Waals surface area contributed by atoms with Gasteiger partial charge in [0.25, 0.3) is 0 Å². The minimum Gasteiger partial charge on any atom is -0.334 e. The van der Waals surface area contributed by atoms with Gasteiger partial charge in [-0.05, 0) is 31.7 Å². The van der Waals surface area contributed by atoms with Crippen LogP contribution in [0.3, 0.4) is 0 Å². The molecule has 1 aromatic rings. The summed E-state index contributed by atoms with van der Waals surface area (Å²) >= 11 is 0. The molecule has 0 saturated carbocycles. The summed E-state index contributed by atoms with van der Waals surface area (Å²) in [5.41, 5.74) is 1.35. The lowest BCUT2D eigenvalue weighted by Gasteiger charge is -2.25. The summed E-state index contributed by atoms with van der Waals surface area (Å²) < 4.78 is 0. The van der Waals surface area contributed by atoms with Crippen LogP contribution in [-0.4, -0.2) is 48.1 Å². The first-order valence-corrected chi connectivity index (χ1v) is 8.08. The Hall–Kier alpha value is -1.55. The molecule has 2 fully saturated rings. The highest BCUT2D eigenvalue weighted by Gasteiger charge is 2.29. The van der Waals surface area contributed by atoms with Crippen molar-refractivity contribution in [3.63, 3.8) is 0 Å². The molecule has 0 spiro atoms. The third-order valence-electron chi connectivity index (χ3n) is 4.77. The Morgan fingerprint density at radius 1 is 1.19 bits per heavy atom. The topological polar surface area (TPSA) is 35.6 Å². The number of hydrogen-bond donors (Lipinski definition) is 1. The number of amides is 2. The highest BCUT2D eigenvalue weighted by Crippen LogP contribution is 2.24. The lowest BCUT2D eigenvalue weighted by atomic mass is 10.1. The maximum absolute atomic E-state index is 12.1. The minimum absolute atomic E-state index is 0.131. The Kier molecular flexibility index (Phi) is 4.44. The minimum atomic E-state index is 0.131. The van der Waals surface area contributed by atoms with E-state index in [1.807, 2.05) is 4.90 Å². The second kappa shape index (κ2) is 6.48. The zero-order chi connectivity index (χ0) is 14.7. The lowest BCUT2D eigenvalue weighted by Crippen LogP contribution is -2.44. The molecule has 2 amide bonds. The molecule has 2 aliphatic heterocycles. The van der Waals surface area contributed by atoms with E-state index in [9.17, 15) is 4.79 Å². The van der Waals surface area contributed by atoms with E-state index >= 15 is 0 Å². The molecule has 21 heavy (non-hydrogen) atoms. The van der Waals surface area contributed by atoms with Crippen LogP contribution in [0.4, 0.5) is 4.79 Å². The molecule has 114 valence electrons. The van der Waals surface area contributed by atoms with Crippen LogP contribution in [0.15, 0.2) is 30.3 Å². The zero-order valence-electron chi connectivity index (χ0n) is 12.8. The van der Waals surface area contributed by atoms with E-state index in [0.717, 1.165) is 45.4 Å².